The largest absolute Gasteiger partial charge is 0.472 e. The van der Waals surface area contributed by atoms with Crippen LogP contribution in [0.15, 0.2) is 12.1 Å². The van der Waals surface area contributed by atoms with Crippen molar-refractivity contribution in [3.05, 3.63) is 27.4 Å². The van der Waals surface area contributed by atoms with Crippen LogP contribution in [0.4, 0.5) is 5.69 Å². The summed E-state index contributed by atoms with van der Waals surface area (Å²) in [6.45, 7) is 5.46. The highest BCUT2D eigenvalue weighted by Crippen LogP contribution is 2.24. The molecule has 0 fully saturated rings. The molecule has 0 saturated carbocycles. The second-order valence-corrected chi connectivity index (χ2v) is 4.35. The summed E-state index contributed by atoms with van der Waals surface area (Å²) < 4.78 is 5.37. The van der Waals surface area contributed by atoms with Crippen molar-refractivity contribution in [1.29, 1.82) is 0 Å². The first-order chi connectivity index (χ1) is 6.78. The Kier molecular flexibility index (Phi) is 3.14. The van der Waals surface area contributed by atoms with E-state index in [-0.39, 0.29) is 16.7 Å². The molecule has 1 rings (SSSR count). The van der Waals surface area contributed by atoms with E-state index < -0.39 is 10.5 Å². The zero-order valence-corrected chi connectivity index (χ0v) is 9.41. The minimum atomic E-state index is -0.539. The van der Waals surface area contributed by atoms with Gasteiger partial charge in [0, 0.05) is 0 Å². The number of pyridine rings is 1. The summed E-state index contributed by atoms with van der Waals surface area (Å²) in [6.07, 6.45) is 0. The molecule has 15 heavy (non-hydrogen) atoms. The molecule has 0 spiro atoms. The van der Waals surface area contributed by atoms with Crippen molar-refractivity contribution >= 4 is 17.3 Å². The van der Waals surface area contributed by atoms with Crippen molar-refractivity contribution in [3.8, 4) is 5.88 Å². The van der Waals surface area contributed by atoms with Crippen LogP contribution in [0.1, 0.15) is 20.8 Å². The maximum absolute atomic E-state index is 10.5. The number of rotatable bonds is 2. The lowest BCUT2D eigenvalue weighted by Crippen LogP contribution is -2.23. The third-order valence-corrected chi connectivity index (χ3v) is 1.57. The monoisotopic (exact) mass is 230 g/mol. The molecule has 0 unspecified atom stereocenters. The molecule has 0 amide bonds. The lowest BCUT2D eigenvalue weighted by molar-refractivity contribution is -0.385. The van der Waals surface area contributed by atoms with Gasteiger partial charge in [-0.25, -0.2) is 4.98 Å². The van der Waals surface area contributed by atoms with Crippen LogP contribution < -0.4 is 4.74 Å². The Bertz CT molecular complexity index is 387. The average Bonchev–Trinajstić information content (AvgIpc) is 1.99. The Balaban J connectivity index is 3.04. The maximum Gasteiger partial charge on any atom is 0.277 e. The average molecular weight is 231 g/mol. The van der Waals surface area contributed by atoms with Crippen LogP contribution in [0.25, 0.3) is 0 Å². The summed E-state index contributed by atoms with van der Waals surface area (Å²) in [5.74, 6) is 0.154. The van der Waals surface area contributed by atoms with Crippen LogP contribution in [0.5, 0.6) is 5.88 Å². The van der Waals surface area contributed by atoms with Gasteiger partial charge < -0.3 is 4.74 Å². The first-order valence-electron chi connectivity index (χ1n) is 4.29. The van der Waals surface area contributed by atoms with Crippen molar-refractivity contribution < 1.29 is 9.66 Å². The SMILES string of the molecule is CC(C)(C)Oc1cc([N+](=O)[O-])cc(Cl)n1. The predicted octanol–water partition coefficient (Wildman–Crippen LogP) is 2.82. The van der Waals surface area contributed by atoms with E-state index in [0.717, 1.165) is 0 Å². The lowest BCUT2D eigenvalue weighted by Gasteiger charge is -2.19. The highest BCUT2D eigenvalue weighted by molar-refractivity contribution is 6.29. The van der Waals surface area contributed by atoms with Crippen molar-refractivity contribution in [3.63, 3.8) is 0 Å². The van der Waals surface area contributed by atoms with Gasteiger partial charge in [-0.3, -0.25) is 10.1 Å². The van der Waals surface area contributed by atoms with E-state index in [1.165, 1.54) is 12.1 Å². The van der Waals surface area contributed by atoms with E-state index in [4.69, 9.17) is 16.3 Å². The summed E-state index contributed by atoms with van der Waals surface area (Å²) in [6, 6.07) is 2.42. The molecule has 0 radical (unpaired) electrons. The molecular weight excluding hydrogens is 220 g/mol. The molecule has 0 aliphatic carbocycles. The first-order valence-corrected chi connectivity index (χ1v) is 4.67. The molecule has 0 atom stereocenters. The first kappa shape index (κ1) is 11.7. The van der Waals surface area contributed by atoms with Crippen molar-refractivity contribution in [2.75, 3.05) is 0 Å². The fourth-order valence-electron chi connectivity index (χ4n) is 0.931. The third-order valence-electron chi connectivity index (χ3n) is 1.38. The van der Waals surface area contributed by atoms with Crippen LogP contribution in [0, 0.1) is 10.1 Å². The second kappa shape index (κ2) is 4.02. The van der Waals surface area contributed by atoms with Gasteiger partial charge in [-0.05, 0) is 20.8 Å². The van der Waals surface area contributed by atoms with E-state index in [2.05, 4.69) is 4.98 Å². The van der Waals surface area contributed by atoms with Crippen LogP contribution in [-0.4, -0.2) is 15.5 Å². The smallest absolute Gasteiger partial charge is 0.277 e. The highest BCUT2D eigenvalue weighted by atomic mass is 35.5. The van der Waals surface area contributed by atoms with Crippen LogP contribution in [0.3, 0.4) is 0 Å². The van der Waals surface area contributed by atoms with Gasteiger partial charge in [0.05, 0.1) is 17.1 Å². The molecule has 0 bridgehead atoms. The summed E-state index contributed by atoms with van der Waals surface area (Å²) in [5, 5.41) is 10.6. The van der Waals surface area contributed by atoms with E-state index in [0.29, 0.717) is 0 Å². The van der Waals surface area contributed by atoms with E-state index in [1.807, 2.05) is 20.8 Å². The molecular formula is C9H11ClN2O3. The lowest BCUT2D eigenvalue weighted by atomic mass is 10.2. The van der Waals surface area contributed by atoms with Crippen LogP contribution in [0.2, 0.25) is 5.15 Å². The quantitative estimate of drug-likeness (QED) is 0.445. The maximum atomic E-state index is 10.5. The van der Waals surface area contributed by atoms with Gasteiger partial charge in [-0.1, -0.05) is 11.6 Å². The van der Waals surface area contributed by atoms with Gasteiger partial charge in [-0.2, -0.15) is 0 Å². The topological polar surface area (TPSA) is 65.3 Å². The highest BCUT2D eigenvalue weighted by Gasteiger charge is 2.16. The number of halogens is 1. The zero-order chi connectivity index (χ0) is 11.6. The molecule has 0 aliphatic heterocycles. The Morgan fingerprint density at radius 2 is 2.07 bits per heavy atom. The molecule has 0 saturated heterocycles. The molecule has 5 nitrogen and oxygen atoms in total. The van der Waals surface area contributed by atoms with E-state index >= 15 is 0 Å². The molecule has 1 aromatic rings. The molecule has 0 N–H and O–H groups in total. The number of hydrogen-bond donors (Lipinski definition) is 0. The Morgan fingerprint density at radius 1 is 1.47 bits per heavy atom. The van der Waals surface area contributed by atoms with E-state index in [9.17, 15) is 10.1 Å². The Hall–Kier alpha value is -1.36. The van der Waals surface area contributed by atoms with Gasteiger partial charge in [0.2, 0.25) is 5.88 Å². The minimum Gasteiger partial charge on any atom is -0.472 e. The second-order valence-electron chi connectivity index (χ2n) is 3.96. The number of hydrogen-bond acceptors (Lipinski definition) is 4. The Morgan fingerprint density at radius 3 is 2.53 bits per heavy atom. The number of nitrogens with zero attached hydrogens (tertiary/aromatic N) is 2. The third kappa shape index (κ3) is 3.71. The van der Waals surface area contributed by atoms with Crippen molar-refractivity contribution in [1.82, 2.24) is 4.98 Å². The normalized spacial score (nSPS) is 11.2. The molecule has 0 aliphatic rings. The number of aromatic nitrogens is 1. The molecule has 1 aromatic heterocycles. The molecule has 0 aromatic carbocycles. The Labute approximate surface area is 92.2 Å². The summed E-state index contributed by atoms with van der Waals surface area (Å²) in [5.41, 5.74) is -0.597. The zero-order valence-electron chi connectivity index (χ0n) is 8.65. The number of nitro groups is 1. The van der Waals surface area contributed by atoms with Gasteiger partial charge >= 0.3 is 0 Å². The van der Waals surface area contributed by atoms with Crippen LogP contribution >= 0.6 is 11.6 Å². The van der Waals surface area contributed by atoms with Gasteiger partial charge in [0.25, 0.3) is 5.69 Å². The van der Waals surface area contributed by atoms with E-state index in [1.54, 1.807) is 0 Å². The fraction of sp³-hybridized carbons (Fsp3) is 0.444. The van der Waals surface area contributed by atoms with Crippen LogP contribution in [-0.2, 0) is 0 Å². The summed E-state index contributed by atoms with van der Waals surface area (Å²) in [4.78, 5) is 13.8. The van der Waals surface area contributed by atoms with Crippen molar-refractivity contribution in [2.24, 2.45) is 0 Å². The predicted molar refractivity (Wildman–Crippen MR) is 56.3 cm³/mol. The molecule has 82 valence electrons. The van der Waals surface area contributed by atoms with Crippen molar-refractivity contribution in [2.45, 2.75) is 26.4 Å². The number of ether oxygens (including phenoxy) is 1. The van der Waals surface area contributed by atoms with Gasteiger partial charge in [-0.15, -0.1) is 0 Å². The molecule has 1 heterocycles. The van der Waals surface area contributed by atoms with Gasteiger partial charge in [0.15, 0.2) is 0 Å². The standard InChI is InChI=1S/C9H11ClN2O3/c1-9(2,3)15-8-5-6(12(13)14)4-7(10)11-8/h4-5H,1-3H3. The fourth-order valence-corrected chi connectivity index (χ4v) is 1.13. The molecule has 6 heteroatoms. The minimum absolute atomic E-state index is 0.0449. The van der Waals surface area contributed by atoms with Gasteiger partial charge in [0.1, 0.15) is 10.8 Å². The summed E-state index contributed by atoms with van der Waals surface area (Å²) in [7, 11) is 0. The summed E-state index contributed by atoms with van der Waals surface area (Å²) >= 11 is 5.63.